The van der Waals surface area contributed by atoms with Crippen molar-refractivity contribution >= 4 is 23.0 Å². The number of hydrogen-bond acceptors (Lipinski definition) is 7. The summed E-state index contributed by atoms with van der Waals surface area (Å²) in [6, 6.07) is 2.03. The fourth-order valence-corrected chi connectivity index (χ4v) is 2.92. The number of aromatic nitrogens is 3. The van der Waals surface area contributed by atoms with Crippen LogP contribution in [0.2, 0.25) is 0 Å². The molecule has 0 bridgehead atoms. The van der Waals surface area contributed by atoms with Crippen molar-refractivity contribution in [2.24, 2.45) is 0 Å². The van der Waals surface area contributed by atoms with E-state index in [1.807, 2.05) is 30.4 Å². The Morgan fingerprint density at radius 1 is 1.24 bits per heavy atom. The molecule has 0 aliphatic carbocycles. The van der Waals surface area contributed by atoms with Gasteiger partial charge in [0.2, 0.25) is 0 Å². The van der Waals surface area contributed by atoms with E-state index >= 15 is 0 Å². The number of ether oxygens (including phenoxy) is 1. The molecule has 0 atom stereocenters. The first-order valence-electron chi connectivity index (χ1n) is 7.03. The van der Waals surface area contributed by atoms with E-state index in [-0.39, 0.29) is 6.10 Å². The van der Waals surface area contributed by atoms with E-state index < -0.39 is 0 Å². The topological polar surface area (TPSA) is 54.4 Å². The lowest BCUT2D eigenvalue weighted by Gasteiger charge is -2.32. The van der Waals surface area contributed by atoms with Gasteiger partial charge in [0.1, 0.15) is 24.1 Å². The maximum absolute atomic E-state index is 5.88. The Kier molecular flexibility index (Phi) is 4.19. The van der Waals surface area contributed by atoms with Gasteiger partial charge in [-0.2, -0.15) is 0 Å². The zero-order valence-corrected chi connectivity index (χ0v) is 13.1. The summed E-state index contributed by atoms with van der Waals surface area (Å²) >= 11 is 1.55. The lowest BCUT2D eigenvalue weighted by molar-refractivity contribution is 0.170. The van der Waals surface area contributed by atoms with E-state index in [9.17, 15) is 0 Å². The average molecular weight is 305 g/mol. The fourth-order valence-electron chi connectivity index (χ4n) is 2.37. The van der Waals surface area contributed by atoms with Crippen molar-refractivity contribution in [2.75, 3.05) is 37.0 Å². The quantitative estimate of drug-likeness (QED) is 0.862. The molecule has 0 spiro atoms. The molecule has 1 aliphatic rings. The highest BCUT2D eigenvalue weighted by Gasteiger charge is 2.22. The van der Waals surface area contributed by atoms with Gasteiger partial charge in [-0.1, -0.05) is 11.3 Å². The van der Waals surface area contributed by atoms with Gasteiger partial charge in [-0.25, -0.2) is 15.0 Å². The highest BCUT2D eigenvalue weighted by atomic mass is 32.1. The van der Waals surface area contributed by atoms with Crippen molar-refractivity contribution < 1.29 is 4.74 Å². The molecule has 112 valence electrons. The number of nitrogens with zero attached hydrogens (tertiary/aromatic N) is 5. The van der Waals surface area contributed by atoms with Crippen LogP contribution < -0.4 is 14.5 Å². The molecule has 0 amide bonds. The molecule has 1 fully saturated rings. The molecule has 3 rings (SSSR count). The van der Waals surface area contributed by atoms with Crippen molar-refractivity contribution in [3.05, 3.63) is 24.0 Å². The summed E-state index contributed by atoms with van der Waals surface area (Å²) in [7, 11) is 3.97. The first kappa shape index (κ1) is 14.1. The van der Waals surface area contributed by atoms with E-state index in [4.69, 9.17) is 4.74 Å². The molecule has 21 heavy (non-hydrogen) atoms. The van der Waals surface area contributed by atoms with Crippen molar-refractivity contribution in [3.63, 3.8) is 0 Å². The lowest BCUT2D eigenvalue weighted by Crippen LogP contribution is -2.38. The minimum atomic E-state index is 0.252. The van der Waals surface area contributed by atoms with Crippen LogP contribution in [0.15, 0.2) is 24.0 Å². The molecule has 2 aromatic rings. The van der Waals surface area contributed by atoms with Crippen LogP contribution in [0.4, 0.5) is 11.6 Å². The van der Waals surface area contributed by atoms with Crippen LogP contribution in [0, 0.1) is 0 Å². The Labute approximate surface area is 128 Å². The second-order valence-corrected chi connectivity index (χ2v) is 6.09. The van der Waals surface area contributed by atoms with Gasteiger partial charge in [-0.05, 0) is 0 Å². The van der Waals surface area contributed by atoms with Gasteiger partial charge in [0.15, 0.2) is 0 Å². The van der Waals surface area contributed by atoms with Crippen LogP contribution in [-0.2, 0) is 0 Å². The van der Waals surface area contributed by atoms with Gasteiger partial charge in [0, 0.05) is 57.7 Å². The molecule has 0 radical (unpaired) electrons. The van der Waals surface area contributed by atoms with Gasteiger partial charge >= 0.3 is 0 Å². The fraction of sp³-hybridized carbons (Fsp3) is 0.500. The predicted molar refractivity (Wildman–Crippen MR) is 84.3 cm³/mol. The molecule has 0 saturated carbocycles. The standard InChI is InChI=1S/C14H19N5OS/c1-18(2)12-9-13(17-10-16-12)19-6-3-11(4-7-19)20-14-15-5-8-21-14/h5,8-11H,3-4,6-7H2,1-2H3. The zero-order valence-electron chi connectivity index (χ0n) is 12.3. The van der Waals surface area contributed by atoms with Gasteiger partial charge in [0.25, 0.3) is 5.19 Å². The first-order valence-corrected chi connectivity index (χ1v) is 7.91. The Balaban J connectivity index is 1.59. The second-order valence-electron chi connectivity index (χ2n) is 5.23. The van der Waals surface area contributed by atoms with Gasteiger partial charge in [-0.3, -0.25) is 0 Å². The molecule has 1 saturated heterocycles. The molecule has 7 heteroatoms. The van der Waals surface area contributed by atoms with Crippen LogP contribution >= 0.6 is 11.3 Å². The van der Waals surface area contributed by atoms with Crippen molar-refractivity contribution in [2.45, 2.75) is 18.9 Å². The zero-order chi connectivity index (χ0) is 14.7. The number of thiazole rings is 1. The van der Waals surface area contributed by atoms with E-state index in [0.717, 1.165) is 42.8 Å². The molecule has 0 unspecified atom stereocenters. The summed E-state index contributed by atoms with van der Waals surface area (Å²) in [5, 5.41) is 2.71. The van der Waals surface area contributed by atoms with Crippen LogP contribution in [0.5, 0.6) is 5.19 Å². The Morgan fingerprint density at radius 2 is 2.05 bits per heavy atom. The summed E-state index contributed by atoms with van der Waals surface area (Å²) in [4.78, 5) is 17.1. The van der Waals surface area contributed by atoms with Crippen molar-refractivity contribution in [3.8, 4) is 5.19 Å². The molecule has 1 aliphatic heterocycles. The number of piperidine rings is 1. The molecule has 3 heterocycles. The summed E-state index contributed by atoms with van der Waals surface area (Å²) in [6.07, 6.45) is 5.63. The second kappa shape index (κ2) is 6.26. The smallest absolute Gasteiger partial charge is 0.273 e. The molecule has 0 N–H and O–H groups in total. The SMILES string of the molecule is CN(C)c1cc(N2CCC(Oc3nccs3)CC2)ncn1. The first-order chi connectivity index (χ1) is 10.2. The van der Waals surface area contributed by atoms with Gasteiger partial charge in [0.05, 0.1) is 0 Å². The van der Waals surface area contributed by atoms with E-state index in [1.165, 1.54) is 0 Å². The molecule has 2 aromatic heterocycles. The largest absolute Gasteiger partial charge is 0.467 e. The van der Waals surface area contributed by atoms with Gasteiger partial charge in [-0.15, -0.1) is 0 Å². The third-order valence-corrected chi connectivity index (χ3v) is 4.20. The van der Waals surface area contributed by atoms with Crippen LogP contribution in [-0.4, -0.2) is 48.2 Å². The molecular formula is C14H19N5OS. The number of hydrogen-bond donors (Lipinski definition) is 0. The Morgan fingerprint density at radius 3 is 2.71 bits per heavy atom. The Hall–Kier alpha value is -1.89. The molecule has 0 aromatic carbocycles. The maximum atomic E-state index is 5.88. The molecule has 6 nitrogen and oxygen atoms in total. The summed E-state index contributed by atoms with van der Waals surface area (Å²) in [5.74, 6) is 1.92. The average Bonchev–Trinajstić information content (AvgIpc) is 3.01. The Bertz CT molecular complexity index is 567. The number of rotatable bonds is 4. The summed E-state index contributed by atoms with van der Waals surface area (Å²) in [6.45, 7) is 1.89. The predicted octanol–water partition coefficient (Wildman–Crippen LogP) is 2.05. The highest BCUT2D eigenvalue weighted by Crippen LogP contribution is 2.24. The lowest BCUT2D eigenvalue weighted by atomic mass is 10.1. The maximum Gasteiger partial charge on any atom is 0.273 e. The molecular weight excluding hydrogens is 286 g/mol. The third kappa shape index (κ3) is 3.41. The minimum Gasteiger partial charge on any atom is -0.467 e. The van der Waals surface area contributed by atoms with E-state index in [1.54, 1.807) is 23.9 Å². The van der Waals surface area contributed by atoms with Crippen molar-refractivity contribution in [1.82, 2.24) is 15.0 Å². The monoisotopic (exact) mass is 305 g/mol. The number of anilines is 2. The van der Waals surface area contributed by atoms with Crippen LogP contribution in [0.25, 0.3) is 0 Å². The van der Waals surface area contributed by atoms with Gasteiger partial charge < -0.3 is 14.5 Å². The third-order valence-electron chi connectivity index (χ3n) is 3.54. The van der Waals surface area contributed by atoms with Crippen LogP contribution in [0.1, 0.15) is 12.8 Å². The summed E-state index contributed by atoms with van der Waals surface area (Å²) in [5.41, 5.74) is 0. The minimum absolute atomic E-state index is 0.252. The summed E-state index contributed by atoms with van der Waals surface area (Å²) < 4.78 is 5.88. The van der Waals surface area contributed by atoms with Crippen molar-refractivity contribution in [1.29, 1.82) is 0 Å². The highest BCUT2D eigenvalue weighted by molar-refractivity contribution is 7.11. The van der Waals surface area contributed by atoms with E-state index in [2.05, 4.69) is 19.9 Å². The normalized spacial score (nSPS) is 16.0. The van der Waals surface area contributed by atoms with Crippen LogP contribution in [0.3, 0.4) is 0 Å². The van der Waals surface area contributed by atoms with E-state index in [0.29, 0.717) is 0 Å².